The lowest BCUT2D eigenvalue weighted by Gasteiger charge is -2.08. The zero-order valence-corrected chi connectivity index (χ0v) is 7.69. The van der Waals surface area contributed by atoms with E-state index in [2.05, 4.69) is 22.5 Å². The summed E-state index contributed by atoms with van der Waals surface area (Å²) in [5.41, 5.74) is 0. The fourth-order valence-electron chi connectivity index (χ4n) is 1.26. The largest absolute Gasteiger partial charge is 0.373 e. The van der Waals surface area contributed by atoms with Crippen LogP contribution in [-0.2, 0) is 4.74 Å². The molecule has 0 atom stereocenters. The molecular weight excluding hydrogens is 192 g/mol. The molecule has 2 heteroatoms. The van der Waals surface area contributed by atoms with E-state index in [0.29, 0.717) is 12.7 Å². The van der Waals surface area contributed by atoms with E-state index in [9.17, 15) is 0 Å². The van der Waals surface area contributed by atoms with Crippen LogP contribution in [0.5, 0.6) is 0 Å². The normalized spacial score (nSPS) is 19.7. The van der Waals surface area contributed by atoms with E-state index in [4.69, 9.17) is 4.74 Å². The Morgan fingerprint density at radius 2 is 2.10 bits per heavy atom. The summed E-state index contributed by atoms with van der Waals surface area (Å²) < 4.78 is 6.46. The third-order valence-corrected chi connectivity index (χ3v) is 2.01. The Hall–Kier alpha value is 0.180. The molecular formula is C8H13BrO. The molecule has 1 saturated carbocycles. The Morgan fingerprint density at radius 3 is 2.60 bits per heavy atom. The molecule has 0 unspecified atom stereocenters. The first-order valence-electron chi connectivity index (χ1n) is 3.74. The van der Waals surface area contributed by atoms with Gasteiger partial charge in [-0.05, 0) is 12.8 Å². The molecule has 0 heterocycles. The SMILES string of the molecule is C=C(Br)COC1CCCC1. The highest BCUT2D eigenvalue weighted by Gasteiger charge is 2.14. The molecule has 0 radical (unpaired) electrons. The molecule has 0 N–H and O–H groups in total. The molecule has 10 heavy (non-hydrogen) atoms. The van der Waals surface area contributed by atoms with Crippen molar-refractivity contribution in [2.24, 2.45) is 0 Å². The molecule has 0 saturated heterocycles. The zero-order chi connectivity index (χ0) is 7.40. The molecule has 0 spiro atoms. The predicted octanol–water partition coefficient (Wildman–Crippen LogP) is 2.85. The van der Waals surface area contributed by atoms with Crippen LogP contribution in [0.3, 0.4) is 0 Å². The van der Waals surface area contributed by atoms with Crippen LogP contribution in [0.1, 0.15) is 25.7 Å². The van der Waals surface area contributed by atoms with Crippen molar-refractivity contribution in [3.8, 4) is 0 Å². The van der Waals surface area contributed by atoms with Gasteiger partial charge in [0.1, 0.15) is 0 Å². The maximum atomic E-state index is 5.52. The lowest BCUT2D eigenvalue weighted by Crippen LogP contribution is -2.07. The maximum absolute atomic E-state index is 5.52. The molecule has 0 amide bonds. The monoisotopic (exact) mass is 204 g/mol. The van der Waals surface area contributed by atoms with Gasteiger partial charge in [0.05, 0.1) is 12.7 Å². The molecule has 1 fully saturated rings. The highest BCUT2D eigenvalue weighted by Crippen LogP contribution is 2.21. The minimum Gasteiger partial charge on any atom is -0.373 e. The molecule has 0 bridgehead atoms. The lowest BCUT2D eigenvalue weighted by atomic mass is 10.3. The number of hydrogen-bond acceptors (Lipinski definition) is 1. The first-order valence-corrected chi connectivity index (χ1v) is 4.53. The van der Waals surface area contributed by atoms with Gasteiger partial charge in [0.25, 0.3) is 0 Å². The summed E-state index contributed by atoms with van der Waals surface area (Å²) >= 11 is 3.26. The van der Waals surface area contributed by atoms with E-state index >= 15 is 0 Å². The number of hydrogen-bond donors (Lipinski definition) is 0. The molecule has 1 aliphatic carbocycles. The summed E-state index contributed by atoms with van der Waals surface area (Å²) in [6.45, 7) is 4.38. The van der Waals surface area contributed by atoms with Crippen molar-refractivity contribution < 1.29 is 4.74 Å². The first-order chi connectivity index (χ1) is 4.79. The van der Waals surface area contributed by atoms with Crippen molar-refractivity contribution in [3.63, 3.8) is 0 Å². The fourth-order valence-corrected chi connectivity index (χ4v) is 1.40. The quantitative estimate of drug-likeness (QED) is 0.688. The summed E-state index contributed by atoms with van der Waals surface area (Å²) in [5, 5.41) is 0. The number of halogens is 1. The van der Waals surface area contributed by atoms with Gasteiger partial charge in [0.15, 0.2) is 0 Å². The predicted molar refractivity (Wildman–Crippen MR) is 46.3 cm³/mol. The van der Waals surface area contributed by atoms with Crippen molar-refractivity contribution in [1.29, 1.82) is 0 Å². The summed E-state index contributed by atoms with van der Waals surface area (Å²) in [6.07, 6.45) is 5.65. The molecule has 0 aromatic rings. The number of rotatable bonds is 3. The van der Waals surface area contributed by atoms with Gasteiger partial charge in [0, 0.05) is 4.48 Å². The van der Waals surface area contributed by atoms with E-state index in [1.165, 1.54) is 25.7 Å². The Labute approximate surface area is 70.6 Å². The molecule has 1 rings (SSSR count). The number of ether oxygens (including phenoxy) is 1. The van der Waals surface area contributed by atoms with Crippen LogP contribution in [0.2, 0.25) is 0 Å². The van der Waals surface area contributed by atoms with Gasteiger partial charge < -0.3 is 4.74 Å². The second-order valence-corrected chi connectivity index (χ2v) is 3.86. The van der Waals surface area contributed by atoms with Crippen molar-refractivity contribution >= 4 is 15.9 Å². The van der Waals surface area contributed by atoms with Gasteiger partial charge in [-0.15, -0.1) is 0 Å². The molecule has 0 aromatic carbocycles. The Balaban J connectivity index is 2.07. The summed E-state index contributed by atoms with van der Waals surface area (Å²) in [6, 6.07) is 0. The average Bonchev–Trinajstić information content (AvgIpc) is 2.34. The van der Waals surface area contributed by atoms with Crippen LogP contribution in [0.15, 0.2) is 11.1 Å². The van der Waals surface area contributed by atoms with E-state index < -0.39 is 0 Å². The Morgan fingerprint density at radius 1 is 1.50 bits per heavy atom. The van der Waals surface area contributed by atoms with Gasteiger partial charge in [-0.25, -0.2) is 0 Å². The second-order valence-electron chi connectivity index (χ2n) is 2.73. The van der Waals surface area contributed by atoms with Crippen LogP contribution >= 0.6 is 15.9 Å². The summed E-state index contributed by atoms with van der Waals surface area (Å²) in [7, 11) is 0. The van der Waals surface area contributed by atoms with Gasteiger partial charge in [0.2, 0.25) is 0 Å². The van der Waals surface area contributed by atoms with Crippen LogP contribution in [0, 0.1) is 0 Å². The van der Waals surface area contributed by atoms with Crippen molar-refractivity contribution in [2.75, 3.05) is 6.61 Å². The van der Waals surface area contributed by atoms with Gasteiger partial charge in [-0.2, -0.15) is 0 Å². The van der Waals surface area contributed by atoms with Crippen molar-refractivity contribution in [1.82, 2.24) is 0 Å². The highest BCUT2D eigenvalue weighted by molar-refractivity contribution is 9.11. The standard InChI is InChI=1S/C8H13BrO/c1-7(9)6-10-8-4-2-3-5-8/h8H,1-6H2. The van der Waals surface area contributed by atoms with Crippen LogP contribution in [-0.4, -0.2) is 12.7 Å². The van der Waals surface area contributed by atoms with Gasteiger partial charge >= 0.3 is 0 Å². The van der Waals surface area contributed by atoms with Crippen LogP contribution in [0.25, 0.3) is 0 Å². The molecule has 1 aliphatic rings. The van der Waals surface area contributed by atoms with Crippen molar-refractivity contribution in [2.45, 2.75) is 31.8 Å². The molecule has 58 valence electrons. The third kappa shape index (κ3) is 2.84. The van der Waals surface area contributed by atoms with E-state index in [-0.39, 0.29) is 0 Å². The van der Waals surface area contributed by atoms with E-state index in [0.717, 1.165) is 4.48 Å². The molecule has 0 aliphatic heterocycles. The zero-order valence-electron chi connectivity index (χ0n) is 6.11. The Bertz CT molecular complexity index is 116. The average molecular weight is 205 g/mol. The van der Waals surface area contributed by atoms with Gasteiger partial charge in [-0.3, -0.25) is 0 Å². The van der Waals surface area contributed by atoms with Crippen LogP contribution in [0.4, 0.5) is 0 Å². The smallest absolute Gasteiger partial charge is 0.0779 e. The van der Waals surface area contributed by atoms with Gasteiger partial charge in [-0.1, -0.05) is 35.4 Å². The summed E-state index contributed by atoms with van der Waals surface area (Å²) in [5.74, 6) is 0. The topological polar surface area (TPSA) is 9.23 Å². The lowest BCUT2D eigenvalue weighted by molar-refractivity contribution is 0.0790. The maximum Gasteiger partial charge on any atom is 0.0779 e. The minimum absolute atomic E-state index is 0.509. The van der Waals surface area contributed by atoms with E-state index in [1.807, 2.05) is 0 Å². The van der Waals surface area contributed by atoms with E-state index in [1.54, 1.807) is 0 Å². The third-order valence-electron chi connectivity index (χ3n) is 1.78. The second kappa shape index (κ2) is 4.14. The highest BCUT2D eigenvalue weighted by atomic mass is 79.9. The minimum atomic E-state index is 0.509. The molecule has 1 nitrogen and oxygen atoms in total. The summed E-state index contributed by atoms with van der Waals surface area (Å²) in [4.78, 5) is 0. The Kier molecular flexibility index (Phi) is 3.43. The first kappa shape index (κ1) is 8.28. The fraction of sp³-hybridized carbons (Fsp3) is 0.750. The molecule has 0 aromatic heterocycles. The van der Waals surface area contributed by atoms with Crippen molar-refractivity contribution in [3.05, 3.63) is 11.1 Å². The van der Waals surface area contributed by atoms with Crippen LogP contribution < -0.4 is 0 Å².